The van der Waals surface area contributed by atoms with Crippen LogP contribution in [0.3, 0.4) is 0 Å². The standard InChI is InChI=1S/C30H47N5O6S/c1-2-3-16-33-42(40,41)20-27(36)29(38)25(17-23-12-8-5-9-13-23)34-26(18-24-19-31-21-32-24)30(39)35-28(37)15-14-22-10-6-4-7-11-22/h4,6-7,10-11,19,21,23,25-27,29,33-34,36,38H,2-3,5,8-9,12-18,20H2,1H3,(H,31,32)(H,35,37,39)/t25-,26-,27-,29-/m0/s1. The van der Waals surface area contributed by atoms with Crippen molar-refractivity contribution in [2.45, 2.75) is 102 Å². The molecule has 42 heavy (non-hydrogen) atoms. The second-order valence-electron chi connectivity index (χ2n) is 11.3. The van der Waals surface area contributed by atoms with Gasteiger partial charge in [-0.3, -0.25) is 14.9 Å². The number of hydrogen-bond donors (Lipinski definition) is 6. The van der Waals surface area contributed by atoms with Gasteiger partial charge in [0.05, 0.1) is 36.0 Å². The largest absolute Gasteiger partial charge is 0.389 e. The van der Waals surface area contributed by atoms with Crippen LogP contribution in [0.5, 0.6) is 0 Å². The Morgan fingerprint density at radius 3 is 2.52 bits per heavy atom. The highest BCUT2D eigenvalue weighted by Gasteiger charge is 2.35. The quantitative estimate of drug-likeness (QED) is 0.140. The van der Waals surface area contributed by atoms with Gasteiger partial charge in [-0.25, -0.2) is 18.1 Å². The number of aromatic amines is 1. The van der Waals surface area contributed by atoms with Gasteiger partial charge < -0.3 is 20.5 Å². The molecule has 2 aromatic rings. The number of sulfonamides is 1. The third-order valence-electron chi connectivity index (χ3n) is 7.81. The second kappa shape index (κ2) is 17.5. The number of aromatic nitrogens is 2. The predicted octanol–water partition coefficient (Wildman–Crippen LogP) is 1.97. The van der Waals surface area contributed by atoms with Crippen LogP contribution in [0, 0.1) is 5.92 Å². The number of unbranched alkanes of at least 4 members (excludes halogenated alkanes) is 1. The lowest BCUT2D eigenvalue weighted by Gasteiger charge is -2.34. The summed E-state index contributed by atoms with van der Waals surface area (Å²) >= 11 is 0. The molecular weight excluding hydrogens is 558 g/mol. The SMILES string of the molecule is CCCCNS(=O)(=O)C[C@H](O)[C@@H](O)[C@H](CC1CCCCC1)N[C@@H](Cc1c[nH]cn1)C(=O)NC(=O)CCc1ccccc1. The lowest BCUT2D eigenvalue weighted by molar-refractivity contribution is -0.132. The smallest absolute Gasteiger partial charge is 0.244 e. The maximum Gasteiger partial charge on any atom is 0.244 e. The number of aliphatic hydroxyl groups is 2. The number of imidazole rings is 1. The first-order valence-corrected chi connectivity index (χ1v) is 16.8. The lowest BCUT2D eigenvalue weighted by atomic mass is 9.83. The van der Waals surface area contributed by atoms with Crippen LogP contribution in [0.1, 0.15) is 76.0 Å². The number of nitrogens with one attached hydrogen (secondary N) is 4. The number of H-pyrrole nitrogens is 1. The van der Waals surface area contributed by atoms with E-state index < -0.39 is 51.9 Å². The van der Waals surface area contributed by atoms with E-state index in [4.69, 9.17) is 0 Å². The Morgan fingerprint density at radius 1 is 1.12 bits per heavy atom. The molecule has 0 bridgehead atoms. The topological polar surface area (TPSA) is 174 Å². The van der Waals surface area contributed by atoms with Crippen LogP contribution in [0.2, 0.25) is 0 Å². The molecule has 1 saturated carbocycles. The van der Waals surface area contributed by atoms with Crippen molar-refractivity contribution in [3.63, 3.8) is 0 Å². The summed E-state index contributed by atoms with van der Waals surface area (Å²) in [5, 5.41) is 27.8. The summed E-state index contributed by atoms with van der Waals surface area (Å²) in [5.41, 5.74) is 1.56. The van der Waals surface area contributed by atoms with E-state index in [0.29, 0.717) is 25.0 Å². The molecule has 1 heterocycles. The molecule has 2 amide bonds. The molecule has 0 radical (unpaired) electrons. The van der Waals surface area contributed by atoms with E-state index in [2.05, 4.69) is 25.3 Å². The molecule has 0 aliphatic heterocycles. The molecule has 12 heteroatoms. The molecule has 0 unspecified atom stereocenters. The Kier molecular flexibility index (Phi) is 14.1. The molecule has 3 rings (SSSR count). The number of amides is 2. The molecule has 1 aromatic heterocycles. The number of hydrogen-bond acceptors (Lipinski definition) is 8. The molecule has 1 fully saturated rings. The zero-order chi connectivity index (χ0) is 30.4. The van der Waals surface area contributed by atoms with Gasteiger partial charge in [0, 0.05) is 31.6 Å². The van der Waals surface area contributed by atoms with E-state index >= 15 is 0 Å². The normalized spacial score (nSPS) is 17.3. The Labute approximate surface area is 249 Å². The summed E-state index contributed by atoms with van der Waals surface area (Å²) < 4.78 is 27.6. The minimum Gasteiger partial charge on any atom is -0.389 e. The summed E-state index contributed by atoms with van der Waals surface area (Å²) in [4.78, 5) is 33.2. The summed E-state index contributed by atoms with van der Waals surface area (Å²) in [6, 6.07) is 7.76. The van der Waals surface area contributed by atoms with Crippen LogP contribution >= 0.6 is 0 Å². The van der Waals surface area contributed by atoms with Gasteiger partial charge in [0.15, 0.2) is 0 Å². The highest BCUT2D eigenvalue weighted by atomic mass is 32.2. The fraction of sp³-hybridized carbons (Fsp3) is 0.633. The molecule has 1 aliphatic carbocycles. The van der Waals surface area contributed by atoms with Crippen molar-refractivity contribution in [3.05, 3.63) is 54.1 Å². The fourth-order valence-electron chi connectivity index (χ4n) is 5.43. The summed E-state index contributed by atoms with van der Waals surface area (Å²) in [7, 11) is -3.82. The maximum atomic E-state index is 13.4. The number of carbonyl (C=O) groups excluding carboxylic acids is 2. The zero-order valence-electron chi connectivity index (χ0n) is 24.5. The van der Waals surface area contributed by atoms with Crippen LogP contribution in [0.25, 0.3) is 0 Å². The third kappa shape index (κ3) is 11.9. The first-order valence-electron chi connectivity index (χ1n) is 15.1. The summed E-state index contributed by atoms with van der Waals surface area (Å²) in [5.74, 6) is -1.40. The van der Waals surface area contributed by atoms with Crippen LogP contribution in [0.15, 0.2) is 42.9 Å². The monoisotopic (exact) mass is 605 g/mol. The van der Waals surface area contributed by atoms with Gasteiger partial charge in [-0.1, -0.05) is 75.8 Å². The fourth-order valence-corrected chi connectivity index (χ4v) is 6.65. The highest BCUT2D eigenvalue weighted by Crippen LogP contribution is 2.29. The Bertz CT molecular complexity index is 1170. The zero-order valence-corrected chi connectivity index (χ0v) is 25.3. The number of aryl methyl sites for hydroxylation is 1. The molecular formula is C30H47N5O6S. The summed E-state index contributed by atoms with van der Waals surface area (Å²) in [6.45, 7) is 2.20. The summed E-state index contributed by atoms with van der Waals surface area (Å²) in [6.07, 6.45) is 7.91. The van der Waals surface area contributed by atoms with Crippen molar-refractivity contribution in [2.75, 3.05) is 12.3 Å². The maximum absolute atomic E-state index is 13.4. The van der Waals surface area contributed by atoms with Gasteiger partial charge >= 0.3 is 0 Å². The van der Waals surface area contributed by atoms with Gasteiger partial charge in [-0.2, -0.15) is 0 Å². The minimum absolute atomic E-state index is 0.126. The van der Waals surface area contributed by atoms with Crippen molar-refractivity contribution in [2.24, 2.45) is 5.92 Å². The number of aliphatic hydroxyl groups excluding tert-OH is 2. The number of rotatable bonds is 18. The van der Waals surface area contributed by atoms with Crippen LogP contribution in [-0.4, -0.2) is 77.0 Å². The van der Waals surface area contributed by atoms with Crippen molar-refractivity contribution in [1.82, 2.24) is 25.3 Å². The molecule has 0 spiro atoms. The van der Waals surface area contributed by atoms with Crippen LogP contribution < -0.4 is 15.4 Å². The number of benzene rings is 1. The number of imide groups is 1. The third-order valence-corrected chi connectivity index (χ3v) is 9.23. The molecule has 6 N–H and O–H groups in total. The van der Waals surface area contributed by atoms with Crippen molar-refractivity contribution < 1.29 is 28.2 Å². The Balaban J connectivity index is 1.73. The predicted molar refractivity (Wildman–Crippen MR) is 161 cm³/mol. The highest BCUT2D eigenvalue weighted by molar-refractivity contribution is 7.89. The van der Waals surface area contributed by atoms with E-state index in [1.807, 2.05) is 37.3 Å². The van der Waals surface area contributed by atoms with Gasteiger partial charge in [0.1, 0.15) is 0 Å². The van der Waals surface area contributed by atoms with E-state index in [1.165, 1.54) is 6.33 Å². The molecule has 234 valence electrons. The lowest BCUT2D eigenvalue weighted by Crippen LogP contribution is -2.57. The average molecular weight is 606 g/mol. The molecule has 4 atom stereocenters. The molecule has 1 aliphatic rings. The average Bonchev–Trinajstić information content (AvgIpc) is 3.49. The van der Waals surface area contributed by atoms with Crippen LogP contribution in [-0.2, 0) is 32.5 Å². The van der Waals surface area contributed by atoms with E-state index in [0.717, 1.165) is 44.1 Å². The van der Waals surface area contributed by atoms with Gasteiger partial charge in [0.25, 0.3) is 0 Å². The Hall–Kier alpha value is -2.64. The van der Waals surface area contributed by atoms with E-state index in [9.17, 15) is 28.2 Å². The van der Waals surface area contributed by atoms with Crippen LogP contribution in [0.4, 0.5) is 0 Å². The van der Waals surface area contributed by atoms with Crippen molar-refractivity contribution in [1.29, 1.82) is 0 Å². The Morgan fingerprint density at radius 2 is 1.86 bits per heavy atom. The first kappa shape index (κ1) is 33.9. The number of carbonyl (C=O) groups is 2. The van der Waals surface area contributed by atoms with Crippen molar-refractivity contribution >= 4 is 21.8 Å². The number of nitrogens with zero attached hydrogens (tertiary/aromatic N) is 1. The first-order chi connectivity index (χ1) is 20.2. The minimum atomic E-state index is -3.82. The van der Waals surface area contributed by atoms with E-state index in [1.54, 1.807) is 6.20 Å². The molecule has 0 saturated heterocycles. The van der Waals surface area contributed by atoms with Crippen molar-refractivity contribution in [3.8, 4) is 0 Å². The molecule has 11 nitrogen and oxygen atoms in total. The van der Waals surface area contributed by atoms with E-state index in [-0.39, 0.29) is 25.3 Å². The van der Waals surface area contributed by atoms with Gasteiger partial charge in [0.2, 0.25) is 21.8 Å². The molecule has 1 aromatic carbocycles. The van der Waals surface area contributed by atoms with Gasteiger partial charge in [-0.05, 0) is 30.7 Å². The van der Waals surface area contributed by atoms with Gasteiger partial charge in [-0.15, -0.1) is 0 Å². The second-order valence-corrected chi connectivity index (χ2v) is 13.2.